The van der Waals surface area contributed by atoms with E-state index in [1.807, 2.05) is 41.5 Å². The zero-order valence-corrected chi connectivity index (χ0v) is 16.3. The minimum Gasteiger partial charge on any atom is -0.460 e. The van der Waals surface area contributed by atoms with Gasteiger partial charge in [0.15, 0.2) is 0 Å². The first-order valence-corrected chi connectivity index (χ1v) is 8.77. The van der Waals surface area contributed by atoms with Crippen molar-refractivity contribution < 1.29 is 23.8 Å². The molecule has 0 fully saturated rings. The third kappa shape index (κ3) is 11.2. The Kier molecular flexibility index (Phi) is 9.90. The molecule has 0 aliphatic heterocycles. The van der Waals surface area contributed by atoms with Crippen LogP contribution in [0.4, 0.5) is 0 Å². The summed E-state index contributed by atoms with van der Waals surface area (Å²) in [6, 6.07) is 0. The highest BCUT2D eigenvalue weighted by Crippen LogP contribution is 2.18. The summed E-state index contributed by atoms with van der Waals surface area (Å²) in [6.07, 6.45) is 5.67. The second-order valence-corrected chi connectivity index (χ2v) is 7.29. The maximum Gasteiger partial charge on any atom is 0.331 e. The number of esters is 2. The van der Waals surface area contributed by atoms with Gasteiger partial charge in [0, 0.05) is 12.2 Å². The third-order valence-corrected chi connectivity index (χ3v) is 3.70. The highest BCUT2D eigenvalue weighted by Gasteiger charge is 2.21. The van der Waals surface area contributed by atoms with Gasteiger partial charge in [-0.25, -0.2) is 9.59 Å². The van der Waals surface area contributed by atoms with Crippen LogP contribution in [0.2, 0.25) is 0 Å². The van der Waals surface area contributed by atoms with Crippen LogP contribution in [0.3, 0.4) is 0 Å². The average Bonchev–Trinajstić information content (AvgIpc) is 2.48. The first-order valence-electron chi connectivity index (χ1n) is 8.77. The molecule has 0 saturated heterocycles. The van der Waals surface area contributed by atoms with Gasteiger partial charge in [-0.2, -0.15) is 0 Å². The van der Waals surface area contributed by atoms with Crippen molar-refractivity contribution >= 4 is 11.9 Å². The number of hydrogen-bond donors (Lipinski definition) is 0. The van der Waals surface area contributed by atoms with Gasteiger partial charge in [-0.3, -0.25) is 0 Å². The SMILES string of the molecule is CCCCC(C)(C)OC(=O)/C=C\C(=O)OCC(C)OC(C)(C)CC. The van der Waals surface area contributed by atoms with Crippen LogP contribution in [-0.4, -0.2) is 35.9 Å². The Morgan fingerprint density at radius 2 is 1.58 bits per heavy atom. The lowest BCUT2D eigenvalue weighted by molar-refractivity contribution is -0.152. The Labute approximate surface area is 146 Å². The molecule has 1 atom stereocenters. The molecule has 24 heavy (non-hydrogen) atoms. The topological polar surface area (TPSA) is 61.8 Å². The van der Waals surface area contributed by atoms with Crippen molar-refractivity contribution in [3.8, 4) is 0 Å². The van der Waals surface area contributed by atoms with E-state index in [1.165, 1.54) is 0 Å². The summed E-state index contributed by atoms with van der Waals surface area (Å²) in [5.74, 6) is -1.12. The number of hydrogen-bond acceptors (Lipinski definition) is 5. The minimum atomic E-state index is -0.580. The molecule has 0 spiro atoms. The van der Waals surface area contributed by atoms with Gasteiger partial charge in [0.2, 0.25) is 0 Å². The fourth-order valence-electron chi connectivity index (χ4n) is 2.01. The molecule has 0 bridgehead atoms. The van der Waals surface area contributed by atoms with Crippen molar-refractivity contribution in [3.05, 3.63) is 12.2 Å². The molecule has 5 heteroatoms. The summed E-state index contributed by atoms with van der Waals surface area (Å²) < 4.78 is 16.2. The van der Waals surface area contributed by atoms with E-state index in [-0.39, 0.29) is 18.3 Å². The van der Waals surface area contributed by atoms with Crippen LogP contribution in [0.5, 0.6) is 0 Å². The van der Waals surface area contributed by atoms with Crippen molar-refractivity contribution in [2.24, 2.45) is 0 Å². The van der Waals surface area contributed by atoms with Crippen LogP contribution in [0.25, 0.3) is 0 Å². The van der Waals surface area contributed by atoms with Crippen molar-refractivity contribution in [2.75, 3.05) is 6.61 Å². The molecule has 0 rings (SSSR count). The smallest absolute Gasteiger partial charge is 0.331 e. The van der Waals surface area contributed by atoms with Gasteiger partial charge in [-0.05, 0) is 53.9 Å². The van der Waals surface area contributed by atoms with Gasteiger partial charge < -0.3 is 14.2 Å². The van der Waals surface area contributed by atoms with Gasteiger partial charge in [0.25, 0.3) is 0 Å². The predicted octanol–water partition coefficient (Wildman–Crippen LogP) is 4.19. The van der Waals surface area contributed by atoms with E-state index in [0.717, 1.165) is 37.8 Å². The molecular formula is C19H34O5. The maximum absolute atomic E-state index is 11.7. The van der Waals surface area contributed by atoms with E-state index >= 15 is 0 Å². The number of ether oxygens (including phenoxy) is 3. The zero-order valence-electron chi connectivity index (χ0n) is 16.3. The molecule has 1 unspecified atom stereocenters. The molecule has 0 heterocycles. The van der Waals surface area contributed by atoms with Gasteiger partial charge in [0.1, 0.15) is 12.2 Å². The number of carbonyl (C=O) groups excluding carboxylic acids is 2. The van der Waals surface area contributed by atoms with Crippen LogP contribution >= 0.6 is 0 Å². The Morgan fingerprint density at radius 1 is 1.00 bits per heavy atom. The van der Waals surface area contributed by atoms with Crippen LogP contribution < -0.4 is 0 Å². The normalized spacial score (nSPS) is 13.8. The monoisotopic (exact) mass is 342 g/mol. The first kappa shape index (κ1) is 22.6. The lowest BCUT2D eigenvalue weighted by atomic mass is 10.0. The Bertz CT molecular complexity index is 423. The van der Waals surface area contributed by atoms with Gasteiger partial charge >= 0.3 is 11.9 Å². The fourth-order valence-corrected chi connectivity index (χ4v) is 2.01. The van der Waals surface area contributed by atoms with Crippen molar-refractivity contribution in [2.45, 2.75) is 91.5 Å². The third-order valence-electron chi connectivity index (χ3n) is 3.70. The molecule has 0 aliphatic carbocycles. The standard InChI is InChI=1S/C19H34O5/c1-8-10-13-19(6,7)24-17(21)12-11-16(20)22-14-15(3)23-18(4,5)9-2/h11-12,15H,8-10,13-14H2,1-7H3/b12-11-. The summed E-state index contributed by atoms with van der Waals surface area (Å²) in [5, 5.41) is 0. The second kappa shape index (κ2) is 10.5. The molecule has 0 amide bonds. The molecule has 0 N–H and O–H groups in total. The largest absolute Gasteiger partial charge is 0.460 e. The van der Waals surface area contributed by atoms with Crippen molar-refractivity contribution in [3.63, 3.8) is 0 Å². The van der Waals surface area contributed by atoms with Crippen molar-refractivity contribution in [1.82, 2.24) is 0 Å². The van der Waals surface area contributed by atoms with Crippen LogP contribution in [0.15, 0.2) is 12.2 Å². The maximum atomic E-state index is 11.7. The Hall–Kier alpha value is -1.36. The molecule has 0 saturated carbocycles. The summed E-state index contributed by atoms with van der Waals surface area (Å²) in [6.45, 7) is 13.8. The summed E-state index contributed by atoms with van der Waals surface area (Å²) in [4.78, 5) is 23.4. The number of unbranched alkanes of at least 4 members (excludes halogenated alkanes) is 1. The molecule has 0 aromatic rings. The highest BCUT2D eigenvalue weighted by atomic mass is 16.6. The van der Waals surface area contributed by atoms with E-state index < -0.39 is 17.5 Å². The molecule has 0 aromatic carbocycles. The zero-order chi connectivity index (χ0) is 18.8. The second-order valence-electron chi connectivity index (χ2n) is 7.29. The lowest BCUT2D eigenvalue weighted by Crippen LogP contribution is -2.31. The summed E-state index contributed by atoms with van der Waals surface area (Å²) >= 11 is 0. The average molecular weight is 342 g/mol. The van der Waals surface area contributed by atoms with E-state index in [4.69, 9.17) is 14.2 Å². The van der Waals surface area contributed by atoms with Crippen LogP contribution in [0, 0.1) is 0 Å². The van der Waals surface area contributed by atoms with Gasteiger partial charge in [-0.15, -0.1) is 0 Å². The van der Waals surface area contributed by atoms with E-state index in [0.29, 0.717) is 0 Å². The molecule has 0 aromatic heterocycles. The highest BCUT2D eigenvalue weighted by molar-refractivity contribution is 5.91. The Balaban J connectivity index is 4.22. The molecule has 5 nitrogen and oxygen atoms in total. The van der Waals surface area contributed by atoms with Crippen molar-refractivity contribution in [1.29, 1.82) is 0 Å². The quantitative estimate of drug-likeness (QED) is 0.416. The molecular weight excluding hydrogens is 308 g/mol. The predicted molar refractivity (Wildman–Crippen MR) is 94.7 cm³/mol. The first-order chi connectivity index (χ1) is 11.0. The number of rotatable bonds is 11. The number of carbonyl (C=O) groups is 2. The fraction of sp³-hybridized carbons (Fsp3) is 0.789. The lowest BCUT2D eigenvalue weighted by Gasteiger charge is -2.27. The Morgan fingerprint density at radius 3 is 2.12 bits per heavy atom. The van der Waals surface area contributed by atoms with E-state index in [2.05, 4.69) is 6.92 Å². The molecule has 140 valence electrons. The summed E-state index contributed by atoms with van der Waals surface area (Å²) in [5.41, 5.74) is -0.787. The molecule has 0 radical (unpaired) electrons. The summed E-state index contributed by atoms with van der Waals surface area (Å²) in [7, 11) is 0. The van der Waals surface area contributed by atoms with Gasteiger partial charge in [0.05, 0.1) is 11.7 Å². The van der Waals surface area contributed by atoms with Crippen LogP contribution in [0.1, 0.15) is 74.1 Å². The van der Waals surface area contributed by atoms with Gasteiger partial charge in [-0.1, -0.05) is 20.3 Å². The van der Waals surface area contributed by atoms with Crippen LogP contribution in [-0.2, 0) is 23.8 Å². The van der Waals surface area contributed by atoms with E-state index in [9.17, 15) is 9.59 Å². The molecule has 0 aliphatic rings. The van der Waals surface area contributed by atoms with E-state index in [1.54, 1.807) is 0 Å². The minimum absolute atomic E-state index is 0.143.